The average molecular weight is 388 g/mol. The fourth-order valence-corrected chi connectivity index (χ4v) is 2.71. The number of hydrazone groups is 1. The molecule has 1 amide bonds. The Balaban J connectivity index is 1.83. The standard InChI is InChI=1S/C22H20N4O3/c1-15-8-6-7-11-19(15)23-22(27)18-12-13-20(21(14-18)26(28)29)25-24-16(2)17-9-4-3-5-10-17/h3-14,25H,1-2H3,(H,23,27)/b24-16+. The monoisotopic (exact) mass is 388 g/mol. The molecule has 0 unspecified atom stereocenters. The topological polar surface area (TPSA) is 96.6 Å². The van der Waals surface area contributed by atoms with Crippen LogP contribution in [0, 0.1) is 17.0 Å². The van der Waals surface area contributed by atoms with Crippen LogP contribution in [-0.2, 0) is 0 Å². The van der Waals surface area contributed by atoms with Crippen LogP contribution in [0.15, 0.2) is 77.9 Å². The van der Waals surface area contributed by atoms with E-state index in [0.717, 1.165) is 11.1 Å². The van der Waals surface area contributed by atoms with Crippen LogP contribution in [0.2, 0.25) is 0 Å². The van der Waals surface area contributed by atoms with Crippen LogP contribution in [-0.4, -0.2) is 16.5 Å². The third-order valence-corrected chi connectivity index (χ3v) is 4.39. The van der Waals surface area contributed by atoms with E-state index in [1.807, 2.05) is 55.5 Å². The Labute approximate surface area is 168 Å². The molecule has 29 heavy (non-hydrogen) atoms. The molecule has 0 saturated carbocycles. The van der Waals surface area contributed by atoms with Gasteiger partial charge in [0.1, 0.15) is 5.69 Å². The van der Waals surface area contributed by atoms with E-state index >= 15 is 0 Å². The van der Waals surface area contributed by atoms with Crippen LogP contribution in [0.4, 0.5) is 17.1 Å². The molecule has 0 heterocycles. The number of nitro groups is 1. The van der Waals surface area contributed by atoms with Gasteiger partial charge in [0.05, 0.1) is 10.6 Å². The zero-order valence-corrected chi connectivity index (χ0v) is 16.0. The Bertz CT molecular complexity index is 1080. The molecule has 3 aromatic rings. The first-order chi connectivity index (χ1) is 14.0. The molecular formula is C22H20N4O3. The average Bonchev–Trinajstić information content (AvgIpc) is 2.74. The second-order valence-electron chi connectivity index (χ2n) is 6.43. The fourth-order valence-electron chi connectivity index (χ4n) is 2.71. The van der Waals surface area contributed by atoms with Gasteiger partial charge in [-0.3, -0.25) is 20.3 Å². The number of anilines is 2. The molecule has 0 aromatic heterocycles. The lowest BCUT2D eigenvalue weighted by atomic mass is 10.1. The maximum atomic E-state index is 12.5. The highest BCUT2D eigenvalue weighted by atomic mass is 16.6. The molecule has 0 aliphatic rings. The Hall–Kier alpha value is -4.00. The molecule has 146 valence electrons. The number of aryl methyl sites for hydroxylation is 1. The Morgan fingerprint density at radius 3 is 2.31 bits per heavy atom. The zero-order valence-electron chi connectivity index (χ0n) is 16.0. The normalized spacial score (nSPS) is 11.0. The number of hydrogen-bond donors (Lipinski definition) is 2. The molecule has 7 nitrogen and oxygen atoms in total. The maximum absolute atomic E-state index is 12.5. The van der Waals surface area contributed by atoms with Crippen LogP contribution in [0.25, 0.3) is 0 Å². The summed E-state index contributed by atoms with van der Waals surface area (Å²) in [6.07, 6.45) is 0. The molecule has 2 N–H and O–H groups in total. The van der Waals surface area contributed by atoms with Crippen LogP contribution < -0.4 is 10.7 Å². The third-order valence-electron chi connectivity index (χ3n) is 4.39. The third kappa shape index (κ3) is 4.84. The number of para-hydroxylation sites is 1. The quantitative estimate of drug-likeness (QED) is 0.353. The van der Waals surface area contributed by atoms with E-state index in [1.54, 1.807) is 13.0 Å². The number of nitrogens with one attached hydrogen (secondary N) is 2. The maximum Gasteiger partial charge on any atom is 0.294 e. The smallest absolute Gasteiger partial charge is 0.294 e. The number of benzene rings is 3. The summed E-state index contributed by atoms with van der Waals surface area (Å²) in [7, 11) is 0. The van der Waals surface area contributed by atoms with Crippen LogP contribution in [0.3, 0.4) is 0 Å². The van der Waals surface area contributed by atoms with Crippen molar-refractivity contribution >= 4 is 28.7 Å². The van der Waals surface area contributed by atoms with Crippen molar-refractivity contribution in [1.29, 1.82) is 0 Å². The first kappa shape index (κ1) is 19.8. The number of rotatable bonds is 6. The van der Waals surface area contributed by atoms with Crippen molar-refractivity contribution in [2.24, 2.45) is 5.10 Å². The van der Waals surface area contributed by atoms with Crippen molar-refractivity contribution in [1.82, 2.24) is 0 Å². The molecule has 0 radical (unpaired) electrons. The second kappa shape index (κ2) is 8.79. The molecule has 3 rings (SSSR count). The minimum atomic E-state index is -0.541. The van der Waals surface area contributed by atoms with E-state index in [1.165, 1.54) is 18.2 Å². The summed E-state index contributed by atoms with van der Waals surface area (Å²) in [5.41, 5.74) is 6.04. The molecule has 0 bridgehead atoms. The van der Waals surface area contributed by atoms with Gasteiger partial charge in [-0.15, -0.1) is 0 Å². The van der Waals surface area contributed by atoms with Gasteiger partial charge < -0.3 is 5.32 Å². The summed E-state index contributed by atoms with van der Waals surface area (Å²) >= 11 is 0. The first-order valence-electron chi connectivity index (χ1n) is 8.97. The highest BCUT2D eigenvalue weighted by Crippen LogP contribution is 2.26. The largest absolute Gasteiger partial charge is 0.322 e. The summed E-state index contributed by atoms with van der Waals surface area (Å²) in [6.45, 7) is 3.68. The number of amides is 1. The molecule has 7 heteroatoms. The molecule has 0 aliphatic heterocycles. The molecule has 0 fully saturated rings. The van der Waals surface area contributed by atoms with Gasteiger partial charge in [-0.05, 0) is 43.2 Å². The highest BCUT2D eigenvalue weighted by molar-refractivity contribution is 6.05. The lowest BCUT2D eigenvalue weighted by Crippen LogP contribution is -2.13. The lowest BCUT2D eigenvalue weighted by Gasteiger charge is -2.09. The molecule has 0 saturated heterocycles. The van der Waals surface area contributed by atoms with Crippen molar-refractivity contribution < 1.29 is 9.72 Å². The van der Waals surface area contributed by atoms with Gasteiger partial charge in [-0.2, -0.15) is 5.10 Å². The summed E-state index contributed by atoms with van der Waals surface area (Å²) in [6, 6.07) is 21.0. The van der Waals surface area contributed by atoms with E-state index in [2.05, 4.69) is 15.8 Å². The molecule has 3 aromatic carbocycles. The number of hydrogen-bond acceptors (Lipinski definition) is 5. The van der Waals surface area contributed by atoms with Crippen molar-refractivity contribution in [2.45, 2.75) is 13.8 Å². The van der Waals surface area contributed by atoms with Gasteiger partial charge in [0.25, 0.3) is 11.6 Å². The van der Waals surface area contributed by atoms with Gasteiger partial charge in [0.2, 0.25) is 0 Å². The lowest BCUT2D eigenvalue weighted by molar-refractivity contribution is -0.384. The number of carbonyl (C=O) groups is 1. The Morgan fingerprint density at radius 1 is 0.931 bits per heavy atom. The van der Waals surface area contributed by atoms with Crippen LogP contribution in [0.1, 0.15) is 28.4 Å². The van der Waals surface area contributed by atoms with Crippen molar-refractivity contribution in [3.8, 4) is 0 Å². The molecular weight excluding hydrogens is 368 g/mol. The zero-order chi connectivity index (χ0) is 20.8. The Kier molecular flexibility index (Phi) is 5.99. The SMILES string of the molecule is C/C(=N\Nc1ccc(C(=O)Nc2ccccc2C)cc1[N+](=O)[O-])c1ccccc1. The predicted molar refractivity (Wildman–Crippen MR) is 115 cm³/mol. The highest BCUT2D eigenvalue weighted by Gasteiger charge is 2.18. The predicted octanol–water partition coefficient (Wildman–Crippen LogP) is 4.99. The second-order valence-corrected chi connectivity index (χ2v) is 6.43. The summed E-state index contributed by atoms with van der Waals surface area (Å²) in [5, 5.41) is 18.5. The van der Waals surface area contributed by atoms with Gasteiger partial charge in [-0.25, -0.2) is 0 Å². The van der Waals surface area contributed by atoms with Crippen LogP contribution >= 0.6 is 0 Å². The van der Waals surface area contributed by atoms with E-state index in [0.29, 0.717) is 11.4 Å². The van der Waals surface area contributed by atoms with E-state index in [-0.39, 0.29) is 16.9 Å². The first-order valence-corrected chi connectivity index (χ1v) is 8.97. The van der Waals surface area contributed by atoms with Gasteiger partial charge in [0.15, 0.2) is 0 Å². The summed E-state index contributed by atoms with van der Waals surface area (Å²) in [4.78, 5) is 23.5. The van der Waals surface area contributed by atoms with Crippen LogP contribution in [0.5, 0.6) is 0 Å². The van der Waals surface area contributed by atoms with E-state index in [9.17, 15) is 14.9 Å². The van der Waals surface area contributed by atoms with Gasteiger partial charge >= 0.3 is 0 Å². The minimum absolute atomic E-state index is 0.189. The van der Waals surface area contributed by atoms with Crippen molar-refractivity contribution in [2.75, 3.05) is 10.7 Å². The number of nitrogens with zero attached hydrogens (tertiary/aromatic N) is 2. The molecule has 0 atom stereocenters. The minimum Gasteiger partial charge on any atom is -0.322 e. The van der Waals surface area contributed by atoms with Gasteiger partial charge in [-0.1, -0.05) is 48.5 Å². The van der Waals surface area contributed by atoms with E-state index < -0.39 is 10.8 Å². The van der Waals surface area contributed by atoms with E-state index in [4.69, 9.17) is 0 Å². The van der Waals surface area contributed by atoms with Crippen molar-refractivity contribution in [3.63, 3.8) is 0 Å². The fraction of sp³-hybridized carbons (Fsp3) is 0.0909. The van der Waals surface area contributed by atoms with Crippen molar-refractivity contribution in [3.05, 3.63) is 99.6 Å². The molecule has 0 spiro atoms. The summed E-state index contributed by atoms with van der Waals surface area (Å²) < 4.78 is 0. The Morgan fingerprint density at radius 2 is 1.62 bits per heavy atom. The number of carbonyl (C=O) groups excluding carboxylic acids is 1. The number of nitro benzene ring substituents is 1. The summed E-state index contributed by atoms with van der Waals surface area (Å²) in [5.74, 6) is -0.419. The van der Waals surface area contributed by atoms with Gasteiger partial charge in [0, 0.05) is 17.3 Å². The molecule has 0 aliphatic carbocycles.